The smallest absolute Gasteiger partial charge is 0.168 e. The lowest BCUT2D eigenvalue weighted by molar-refractivity contribution is -0.231. The number of unbranched alkanes of at least 4 members (excludes halogenated alkanes) is 1. The molecule has 0 aromatic rings. The molecule has 1 saturated heterocycles. The minimum Gasteiger partial charge on any atom is -0.350 e. The number of ether oxygens (including phenoxy) is 2. The van der Waals surface area contributed by atoms with Crippen molar-refractivity contribution in [1.82, 2.24) is 0 Å². The Balaban J connectivity index is 2.43. The molecule has 0 amide bonds. The zero-order valence-electron chi connectivity index (χ0n) is 8.97. The van der Waals surface area contributed by atoms with E-state index in [0.29, 0.717) is 0 Å². The van der Waals surface area contributed by atoms with Gasteiger partial charge in [0, 0.05) is 6.42 Å². The first-order valence-corrected chi connectivity index (χ1v) is 5.61. The summed E-state index contributed by atoms with van der Waals surface area (Å²) in [7, 11) is 0. The summed E-state index contributed by atoms with van der Waals surface area (Å²) in [5.41, 5.74) is 0. The molecule has 1 aliphatic rings. The Bertz CT molecular complexity index is 126. The van der Waals surface area contributed by atoms with E-state index in [1.807, 2.05) is 0 Å². The Kier molecular flexibility index (Phi) is 4.74. The quantitative estimate of drug-likeness (QED) is 0.671. The van der Waals surface area contributed by atoms with E-state index < -0.39 is 0 Å². The fraction of sp³-hybridized carbons (Fsp3) is 1.00. The van der Waals surface area contributed by atoms with Gasteiger partial charge in [-0.1, -0.05) is 20.3 Å². The SMILES string of the molecule is CCCCC1(CC)OCCCCO1. The minimum absolute atomic E-state index is 0.244. The standard InChI is InChI=1S/C11H22O2/c1-3-5-8-11(4-2)12-9-6-7-10-13-11/h3-10H2,1-2H3. The van der Waals surface area contributed by atoms with Gasteiger partial charge in [-0.2, -0.15) is 0 Å². The van der Waals surface area contributed by atoms with Crippen molar-refractivity contribution in [2.24, 2.45) is 0 Å². The van der Waals surface area contributed by atoms with Crippen LogP contribution in [0.4, 0.5) is 0 Å². The van der Waals surface area contributed by atoms with Gasteiger partial charge >= 0.3 is 0 Å². The van der Waals surface area contributed by atoms with Crippen molar-refractivity contribution in [1.29, 1.82) is 0 Å². The lowest BCUT2D eigenvalue weighted by Gasteiger charge is -2.31. The van der Waals surface area contributed by atoms with Gasteiger partial charge in [-0.15, -0.1) is 0 Å². The van der Waals surface area contributed by atoms with Crippen LogP contribution in [0.2, 0.25) is 0 Å². The molecule has 0 aliphatic carbocycles. The highest BCUT2D eigenvalue weighted by atomic mass is 16.7. The second-order valence-corrected chi connectivity index (χ2v) is 3.77. The number of hydrogen-bond acceptors (Lipinski definition) is 2. The Morgan fingerprint density at radius 2 is 1.69 bits per heavy atom. The van der Waals surface area contributed by atoms with Crippen molar-refractivity contribution < 1.29 is 9.47 Å². The molecule has 0 bridgehead atoms. The number of rotatable bonds is 4. The summed E-state index contributed by atoms with van der Waals surface area (Å²) in [6.45, 7) is 6.11. The molecule has 0 atom stereocenters. The Labute approximate surface area is 81.6 Å². The highest BCUT2D eigenvalue weighted by molar-refractivity contribution is 4.70. The maximum absolute atomic E-state index is 5.82. The monoisotopic (exact) mass is 186 g/mol. The van der Waals surface area contributed by atoms with Gasteiger partial charge in [-0.05, 0) is 25.7 Å². The zero-order valence-corrected chi connectivity index (χ0v) is 8.97. The second-order valence-electron chi connectivity index (χ2n) is 3.77. The first-order valence-electron chi connectivity index (χ1n) is 5.61. The molecule has 2 heteroatoms. The van der Waals surface area contributed by atoms with E-state index in [4.69, 9.17) is 9.47 Å². The molecule has 0 radical (unpaired) electrons. The van der Waals surface area contributed by atoms with Crippen LogP contribution in [0, 0.1) is 0 Å². The van der Waals surface area contributed by atoms with Gasteiger partial charge in [0.2, 0.25) is 0 Å². The van der Waals surface area contributed by atoms with Gasteiger partial charge in [0.25, 0.3) is 0 Å². The van der Waals surface area contributed by atoms with Gasteiger partial charge in [0.1, 0.15) is 0 Å². The molecule has 1 heterocycles. The maximum Gasteiger partial charge on any atom is 0.168 e. The van der Waals surface area contributed by atoms with Crippen LogP contribution in [-0.4, -0.2) is 19.0 Å². The Morgan fingerprint density at radius 1 is 1.08 bits per heavy atom. The molecule has 1 rings (SSSR count). The van der Waals surface area contributed by atoms with E-state index in [1.165, 1.54) is 12.8 Å². The van der Waals surface area contributed by atoms with Crippen LogP contribution in [0.25, 0.3) is 0 Å². The van der Waals surface area contributed by atoms with Crippen LogP contribution in [0.1, 0.15) is 52.4 Å². The fourth-order valence-electron chi connectivity index (χ4n) is 1.73. The van der Waals surface area contributed by atoms with E-state index in [1.54, 1.807) is 0 Å². The van der Waals surface area contributed by atoms with Gasteiger partial charge in [0.15, 0.2) is 5.79 Å². The average Bonchev–Trinajstić information content (AvgIpc) is 2.41. The van der Waals surface area contributed by atoms with Crippen molar-refractivity contribution in [3.8, 4) is 0 Å². The molecule has 0 aromatic carbocycles. The molecule has 1 fully saturated rings. The van der Waals surface area contributed by atoms with Gasteiger partial charge in [-0.3, -0.25) is 0 Å². The molecular formula is C11H22O2. The highest BCUT2D eigenvalue weighted by Crippen LogP contribution is 2.27. The molecule has 0 aromatic heterocycles. The van der Waals surface area contributed by atoms with Crippen molar-refractivity contribution in [3.05, 3.63) is 0 Å². The first-order chi connectivity index (χ1) is 6.33. The molecule has 1 aliphatic heterocycles. The predicted molar refractivity (Wildman–Crippen MR) is 53.7 cm³/mol. The van der Waals surface area contributed by atoms with Crippen LogP contribution in [0.5, 0.6) is 0 Å². The summed E-state index contributed by atoms with van der Waals surface area (Å²) in [5, 5.41) is 0. The van der Waals surface area contributed by atoms with Crippen molar-refractivity contribution in [3.63, 3.8) is 0 Å². The topological polar surface area (TPSA) is 18.5 Å². The zero-order chi connectivity index (χ0) is 9.57. The predicted octanol–water partition coefficient (Wildman–Crippen LogP) is 3.11. The van der Waals surface area contributed by atoms with Crippen LogP contribution in [0.3, 0.4) is 0 Å². The van der Waals surface area contributed by atoms with Crippen molar-refractivity contribution in [2.45, 2.75) is 58.2 Å². The number of hydrogen-bond donors (Lipinski definition) is 0. The summed E-state index contributed by atoms with van der Waals surface area (Å²) >= 11 is 0. The second kappa shape index (κ2) is 5.61. The Morgan fingerprint density at radius 3 is 2.15 bits per heavy atom. The van der Waals surface area contributed by atoms with Gasteiger partial charge in [-0.25, -0.2) is 0 Å². The van der Waals surface area contributed by atoms with Gasteiger partial charge < -0.3 is 9.47 Å². The summed E-state index contributed by atoms with van der Waals surface area (Å²) in [6.07, 6.45) is 6.75. The molecule has 0 saturated carbocycles. The van der Waals surface area contributed by atoms with Crippen LogP contribution in [0.15, 0.2) is 0 Å². The van der Waals surface area contributed by atoms with Crippen LogP contribution < -0.4 is 0 Å². The molecule has 0 N–H and O–H groups in total. The van der Waals surface area contributed by atoms with E-state index in [9.17, 15) is 0 Å². The fourth-order valence-corrected chi connectivity index (χ4v) is 1.73. The lowest BCUT2D eigenvalue weighted by Crippen LogP contribution is -2.34. The van der Waals surface area contributed by atoms with E-state index in [0.717, 1.165) is 38.9 Å². The largest absolute Gasteiger partial charge is 0.350 e. The highest BCUT2D eigenvalue weighted by Gasteiger charge is 2.30. The van der Waals surface area contributed by atoms with Crippen LogP contribution >= 0.6 is 0 Å². The van der Waals surface area contributed by atoms with E-state index in [2.05, 4.69) is 13.8 Å². The summed E-state index contributed by atoms with van der Waals surface area (Å²) < 4.78 is 11.6. The third-order valence-electron chi connectivity index (χ3n) is 2.72. The third-order valence-corrected chi connectivity index (χ3v) is 2.72. The normalized spacial score (nSPS) is 22.6. The Hall–Kier alpha value is -0.0800. The van der Waals surface area contributed by atoms with E-state index in [-0.39, 0.29) is 5.79 Å². The van der Waals surface area contributed by atoms with Crippen molar-refractivity contribution in [2.75, 3.05) is 13.2 Å². The summed E-state index contributed by atoms with van der Waals surface area (Å²) in [6, 6.07) is 0. The molecular weight excluding hydrogens is 164 g/mol. The minimum atomic E-state index is -0.244. The molecule has 78 valence electrons. The third kappa shape index (κ3) is 3.28. The van der Waals surface area contributed by atoms with Gasteiger partial charge in [0.05, 0.1) is 13.2 Å². The summed E-state index contributed by atoms with van der Waals surface area (Å²) in [5.74, 6) is -0.244. The molecule has 0 spiro atoms. The summed E-state index contributed by atoms with van der Waals surface area (Å²) in [4.78, 5) is 0. The maximum atomic E-state index is 5.82. The first kappa shape index (κ1) is 11.0. The molecule has 2 nitrogen and oxygen atoms in total. The van der Waals surface area contributed by atoms with Crippen LogP contribution in [-0.2, 0) is 9.47 Å². The van der Waals surface area contributed by atoms with Crippen molar-refractivity contribution >= 4 is 0 Å². The lowest BCUT2D eigenvalue weighted by atomic mass is 10.1. The molecule has 13 heavy (non-hydrogen) atoms. The van der Waals surface area contributed by atoms with E-state index >= 15 is 0 Å². The average molecular weight is 186 g/mol. The molecule has 0 unspecified atom stereocenters.